The summed E-state index contributed by atoms with van der Waals surface area (Å²) in [5.74, 6) is -0.520. The minimum absolute atomic E-state index is 0.0791. The summed E-state index contributed by atoms with van der Waals surface area (Å²) in [6.07, 6.45) is 4.26. The lowest BCUT2D eigenvalue weighted by atomic mass is 9.64. The Hall–Kier alpha value is -3.70. The van der Waals surface area contributed by atoms with E-state index in [1.54, 1.807) is 0 Å². The summed E-state index contributed by atoms with van der Waals surface area (Å²) >= 11 is 0. The first-order valence-electron chi connectivity index (χ1n) is 16.8. The average Bonchev–Trinajstić information content (AvgIpc) is 2.92. The first-order chi connectivity index (χ1) is 21.5. The van der Waals surface area contributed by atoms with Crippen molar-refractivity contribution in [2.75, 3.05) is 0 Å². The van der Waals surface area contributed by atoms with Crippen LogP contribution in [0.4, 0.5) is 0 Å². The molecule has 0 radical (unpaired) electrons. The van der Waals surface area contributed by atoms with Gasteiger partial charge >= 0.3 is 11.9 Å². The largest absolute Gasteiger partial charge is 0.459 e. The van der Waals surface area contributed by atoms with Crippen LogP contribution >= 0.6 is 0 Å². The number of fused-ring (bicyclic) bond motifs is 2. The Balaban J connectivity index is 1.19. The van der Waals surface area contributed by atoms with Crippen LogP contribution in [-0.4, -0.2) is 35.2 Å². The van der Waals surface area contributed by atoms with Crippen LogP contribution < -0.4 is 5.32 Å². The standard InChI is InChI=1S/C41H49NO4/c1-38(2)21-32(22-39(3,4)25-38)46-37(44)35-11-9-10-30-19-29(16-17-34(30)35)26-12-13-28-20-31(15-14-27(28)18-26)36(43)45-33-23-40(5,6)42-41(7,8)24-33/h9-20,32-33,42H,21-25H2,1-8H3. The minimum Gasteiger partial charge on any atom is -0.459 e. The van der Waals surface area contributed by atoms with E-state index in [0.29, 0.717) is 11.1 Å². The fourth-order valence-electron chi connectivity index (χ4n) is 8.77. The number of piperidine rings is 1. The lowest BCUT2D eigenvalue weighted by molar-refractivity contribution is -0.0282. The van der Waals surface area contributed by atoms with Crippen LogP contribution in [0.25, 0.3) is 32.7 Å². The van der Waals surface area contributed by atoms with Crippen LogP contribution in [-0.2, 0) is 9.47 Å². The van der Waals surface area contributed by atoms with Gasteiger partial charge in [-0.2, -0.15) is 0 Å². The average molecular weight is 620 g/mol. The Morgan fingerprint density at radius 3 is 1.83 bits per heavy atom. The third-order valence-corrected chi connectivity index (χ3v) is 9.73. The first-order valence-corrected chi connectivity index (χ1v) is 16.8. The van der Waals surface area contributed by atoms with Crippen molar-refractivity contribution in [1.29, 1.82) is 0 Å². The molecule has 0 atom stereocenters. The summed E-state index contributed by atoms with van der Waals surface area (Å²) in [4.78, 5) is 26.6. The number of carbonyl (C=O) groups is 2. The van der Waals surface area contributed by atoms with Gasteiger partial charge in [-0.15, -0.1) is 0 Å². The van der Waals surface area contributed by atoms with Gasteiger partial charge in [0.2, 0.25) is 0 Å². The summed E-state index contributed by atoms with van der Waals surface area (Å²) in [5, 5.41) is 7.58. The summed E-state index contributed by atoms with van der Waals surface area (Å²) < 4.78 is 12.1. The highest BCUT2D eigenvalue weighted by atomic mass is 16.5. The number of nitrogens with one attached hydrogen (secondary N) is 1. The van der Waals surface area contributed by atoms with E-state index in [1.165, 1.54) is 0 Å². The second-order valence-electron chi connectivity index (χ2n) is 16.8. The normalized spacial score (nSPS) is 20.8. The number of hydrogen-bond donors (Lipinski definition) is 1. The number of benzene rings is 4. The van der Waals surface area contributed by atoms with E-state index in [1.807, 2.05) is 42.5 Å². The molecule has 2 fully saturated rings. The van der Waals surface area contributed by atoms with E-state index in [0.717, 1.165) is 64.8 Å². The highest BCUT2D eigenvalue weighted by molar-refractivity contribution is 6.05. The van der Waals surface area contributed by atoms with E-state index < -0.39 is 0 Å². The lowest BCUT2D eigenvalue weighted by Gasteiger charge is -2.45. The number of esters is 2. The summed E-state index contributed by atoms with van der Waals surface area (Å²) in [6.45, 7) is 17.7. The molecule has 1 heterocycles. The van der Waals surface area contributed by atoms with Crippen molar-refractivity contribution in [2.45, 2.75) is 111 Å². The third kappa shape index (κ3) is 7.15. The topological polar surface area (TPSA) is 64.6 Å². The van der Waals surface area contributed by atoms with Gasteiger partial charge in [-0.05, 0) is 121 Å². The second-order valence-corrected chi connectivity index (χ2v) is 16.8. The molecular formula is C41H49NO4. The monoisotopic (exact) mass is 619 g/mol. The Kier molecular flexibility index (Phi) is 8.08. The zero-order chi connectivity index (χ0) is 33.1. The van der Waals surface area contributed by atoms with Crippen LogP contribution in [0.2, 0.25) is 0 Å². The van der Waals surface area contributed by atoms with Gasteiger partial charge < -0.3 is 14.8 Å². The van der Waals surface area contributed by atoms with Gasteiger partial charge in [0.05, 0.1) is 11.1 Å². The second kappa shape index (κ2) is 11.5. The smallest absolute Gasteiger partial charge is 0.339 e. The van der Waals surface area contributed by atoms with E-state index in [4.69, 9.17) is 9.47 Å². The molecule has 5 heteroatoms. The van der Waals surface area contributed by atoms with Crippen molar-refractivity contribution in [3.05, 3.63) is 83.9 Å². The van der Waals surface area contributed by atoms with Gasteiger partial charge in [0.1, 0.15) is 12.2 Å². The molecule has 46 heavy (non-hydrogen) atoms. The molecule has 1 saturated carbocycles. The van der Waals surface area contributed by atoms with Crippen molar-refractivity contribution in [3.63, 3.8) is 0 Å². The molecule has 1 N–H and O–H groups in total. The van der Waals surface area contributed by atoms with Crippen LogP contribution in [0.1, 0.15) is 108 Å². The third-order valence-electron chi connectivity index (χ3n) is 9.73. The molecule has 5 nitrogen and oxygen atoms in total. The molecule has 0 aromatic heterocycles. The van der Waals surface area contributed by atoms with Gasteiger partial charge in [0.15, 0.2) is 0 Å². The van der Waals surface area contributed by atoms with Crippen molar-refractivity contribution >= 4 is 33.5 Å². The Morgan fingerprint density at radius 2 is 1.15 bits per heavy atom. The fourth-order valence-corrected chi connectivity index (χ4v) is 8.77. The van der Waals surface area contributed by atoms with Crippen LogP contribution in [0.5, 0.6) is 0 Å². The predicted octanol–water partition coefficient (Wildman–Crippen LogP) is 9.89. The molecule has 0 unspecified atom stereocenters. The predicted molar refractivity (Wildman–Crippen MR) is 187 cm³/mol. The highest BCUT2D eigenvalue weighted by Crippen LogP contribution is 2.47. The maximum absolute atomic E-state index is 13.4. The highest BCUT2D eigenvalue weighted by Gasteiger charge is 2.41. The van der Waals surface area contributed by atoms with Crippen molar-refractivity contribution in [2.24, 2.45) is 10.8 Å². The molecule has 0 amide bonds. The fraction of sp³-hybridized carbons (Fsp3) is 0.463. The molecule has 242 valence electrons. The van der Waals surface area contributed by atoms with Crippen molar-refractivity contribution in [1.82, 2.24) is 5.32 Å². The molecule has 1 aliphatic heterocycles. The lowest BCUT2D eigenvalue weighted by Crippen LogP contribution is -2.59. The molecule has 2 aliphatic rings. The van der Waals surface area contributed by atoms with Gasteiger partial charge in [-0.25, -0.2) is 9.59 Å². The van der Waals surface area contributed by atoms with Crippen molar-refractivity contribution < 1.29 is 19.1 Å². The van der Waals surface area contributed by atoms with E-state index in [2.05, 4.69) is 91.0 Å². The summed E-state index contributed by atoms with van der Waals surface area (Å²) in [6, 6.07) is 24.2. The Bertz CT molecular complexity index is 1780. The molecule has 0 bridgehead atoms. The molecule has 4 aromatic rings. The number of rotatable bonds is 5. The maximum atomic E-state index is 13.4. The molecule has 1 aliphatic carbocycles. The molecule has 4 aromatic carbocycles. The van der Waals surface area contributed by atoms with Crippen LogP contribution in [0, 0.1) is 10.8 Å². The molecule has 1 saturated heterocycles. The van der Waals surface area contributed by atoms with Gasteiger partial charge in [0, 0.05) is 23.9 Å². The first kappa shape index (κ1) is 32.2. The minimum atomic E-state index is -0.274. The summed E-state index contributed by atoms with van der Waals surface area (Å²) in [5.41, 5.74) is 3.42. The zero-order valence-electron chi connectivity index (χ0n) is 28.8. The van der Waals surface area contributed by atoms with Crippen molar-refractivity contribution in [3.8, 4) is 11.1 Å². The van der Waals surface area contributed by atoms with Gasteiger partial charge in [-0.1, -0.05) is 70.2 Å². The number of ether oxygens (including phenoxy) is 2. The van der Waals surface area contributed by atoms with Crippen LogP contribution in [0.15, 0.2) is 72.8 Å². The van der Waals surface area contributed by atoms with Crippen LogP contribution in [0.3, 0.4) is 0 Å². The quantitative estimate of drug-likeness (QED) is 0.225. The Morgan fingerprint density at radius 1 is 0.609 bits per heavy atom. The molecule has 0 spiro atoms. The number of carbonyl (C=O) groups excluding carboxylic acids is 2. The maximum Gasteiger partial charge on any atom is 0.339 e. The van der Waals surface area contributed by atoms with Gasteiger partial charge in [0.25, 0.3) is 0 Å². The van der Waals surface area contributed by atoms with E-state index >= 15 is 0 Å². The molecule has 6 rings (SSSR count). The molecular weight excluding hydrogens is 570 g/mol. The summed E-state index contributed by atoms with van der Waals surface area (Å²) in [7, 11) is 0. The van der Waals surface area contributed by atoms with E-state index in [9.17, 15) is 9.59 Å². The zero-order valence-corrected chi connectivity index (χ0v) is 28.8. The SMILES string of the molecule is CC1(C)CC(OC(=O)c2cccc3cc(-c4ccc5cc(C(=O)OC6CC(C)(C)NC(C)(C)C6)ccc5c4)ccc23)CC(C)(C)C1. The Labute approximate surface area is 274 Å². The van der Waals surface area contributed by atoms with Gasteiger partial charge in [-0.3, -0.25) is 0 Å². The van der Waals surface area contributed by atoms with E-state index in [-0.39, 0.29) is 46.1 Å². The number of hydrogen-bond acceptors (Lipinski definition) is 5.